The van der Waals surface area contributed by atoms with E-state index in [2.05, 4.69) is 16.8 Å². The van der Waals surface area contributed by atoms with E-state index in [1.54, 1.807) is 6.20 Å². The van der Waals surface area contributed by atoms with Crippen LogP contribution in [0.5, 0.6) is 0 Å². The molecule has 0 aliphatic rings. The van der Waals surface area contributed by atoms with E-state index < -0.39 is 0 Å². The highest BCUT2D eigenvalue weighted by molar-refractivity contribution is 5.62. The minimum Gasteiger partial charge on any atom is -0.382 e. The van der Waals surface area contributed by atoms with E-state index in [1.165, 1.54) is 12.8 Å². The summed E-state index contributed by atoms with van der Waals surface area (Å²) in [6, 6.07) is 3.91. The molecule has 72 valence electrons. The predicted molar refractivity (Wildman–Crippen MR) is 56.8 cm³/mol. The van der Waals surface area contributed by atoms with Crippen molar-refractivity contribution in [3.8, 4) is 0 Å². The fourth-order valence-corrected chi connectivity index (χ4v) is 1.25. The molecule has 2 N–H and O–H groups in total. The number of rotatable bonds is 4. The van der Waals surface area contributed by atoms with E-state index in [0.717, 1.165) is 12.2 Å². The van der Waals surface area contributed by atoms with Gasteiger partial charge in [-0.25, -0.2) is 4.98 Å². The molecule has 0 radical (unpaired) electrons. The number of anilines is 2. The Bertz CT molecular complexity index is 260. The predicted octanol–water partition coefficient (Wildman–Crippen LogP) is 1.90. The van der Waals surface area contributed by atoms with Gasteiger partial charge in [-0.3, -0.25) is 0 Å². The number of pyridine rings is 1. The molecule has 0 amide bonds. The topological polar surface area (TPSA) is 42.2 Å². The number of hydrogen-bond donors (Lipinski definition) is 1. The average Bonchev–Trinajstić information content (AvgIpc) is 2.15. The van der Waals surface area contributed by atoms with Crippen LogP contribution in [0.1, 0.15) is 19.8 Å². The average molecular weight is 179 g/mol. The monoisotopic (exact) mass is 179 g/mol. The Balaban J connectivity index is 2.65. The molecule has 0 aliphatic carbocycles. The van der Waals surface area contributed by atoms with Crippen molar-refractivity contribution in [2.45, 2.75) is 19.8 Å². The van der Waals surface area contributed by atoms with Crippen molar-refractivity contribution in [2.75, 3.05) is 24.2 Å². The molecule has 0 aromatic carbocycles. The van der Waals surface area contributed by atoms with Crippen LogP contribution in [0, 0.1) is 0 Å². The lowest BCUT2D eigenvalue weighted by molar-refractivity contribution is 0.766. The smallest absolute Gasteiger partial charge is 0.146 e. The Morgan fingerprint density at radius 1 is 1.54 bits per heavy atom. The maximum Gasteiger partial charge on any atom is 0.146 e. The molecular weight excluding hydrogens is 162 g/mol. The van der Waals surface area contributed by atoms with Crippen molar-refractivity contribution in [1.82, 2.24) is 4.98 Å². The molecule has 0 aliphatic heterocycles. The highest BCUT2D eigenvalue weighted by Crippen LogP contribution is 2.18. The molecule has 1 heterocycles. The van der Waals surface area contributed by atoms with Gasteiger partial charge >= 0.3 is 0 Å². The first-order valence-corrected chi connectivity index (χ1v) is 4.67. The largest absolute Gasteiger partial charge is 0.382 e. The Morgan fingerprint density at radius 3 is 2.92 bits per heavy atom. The van der Waals surface area contributed by atoms with Crippen molar-refractivity contribution in [3.63, 3.8) is 0 Å². The van der Waals surface area contributed by atoms with Crippen LogP contribution in [0.25, 0.3) is 0 Å². The SMILES string of the molecule is CCCCN(C)c1cccnc1N. The highest BCUT2D eigenvalue weighted by atomic mass is 15.1. The van der Waals surface area contributed by atoms with E-state index in [1.807, 2.05) is 19.2 Å². The van der Waals surface area contributed by atoms with Crippen LogP contribution in [0.3, 0.4) is 0 Å². The lowest BCUT2D eigenvalue weighted by Gasteiger charge is -2.19. The lowest BCUT2D eigenvalue weighted by atomic mass is 10.3. The van der Waals surface area contributed by atoms with Gasteiger partial charge in [0.05, 0.1) is 5.69 Å². The van der Waals surface area contributed by atoms with Crippen LogP contribution in [-0.4, -0.2) is 18.6 Å². The van der Waals surface area contributed by atoms with E-state index in [-0.39, 0.29) is 0 Å². The summed E-state index contributed by atoms with van der Waals surface area (Å²) in [6.45, 7) is 3.22. The van der Waals surface area contributed by atoms with Crippen molar-refractivity contribution >= 4 is 11.5 Å². The van der Waals surface area contributed by atoms with Crippen LogP contribution in [0.15, 0.2) is 18.3 Å². The fraction of sp³-hybridized carbons (Fsp3) is 0.500. The van der Waals surface area contributed by atoms with Gasteiger partial charge in [0, 0.05) is 19.8 Å². The zero-order valence-corrected chi connectivity index (χ0v) is 8.33. The summed E-state index contributed by atoms with van der Waals surface area (Å²) in [7, 11) is 2.04. The summed E-state index contributed by atoms with van der Waals surface area (Å²) >= 11 is 0. The fourth-order valence-electron chi connectivity index (χ4n) is 1.25. The number of hydrogen-bond acceptors (Lipinski definition) is 3. The molecule has 1 aromatic rings. The summed E-state index contributed by atoms with van der Waals surface area (Å²) in [6.07, 6.45) is 4.10. The molecule has 0 saturated heterocycles. The van der Waals surface area contributed by atoms with E-state index in [9.17, 15) is 0 Å². The van der Waals surface area contributed by atoms with Crippen molar-refractivity contribution in [2.24, 2.45) is 0 Å². The lowest BCUT2D eigenvalue weighted by Crippen LogP contribution is -2.19. The van der Waals surface area contributed by atoms with E-state index in [4.69, 9.17) is 5.73 Å². The first kappa shape index (κ1) is 9.84. The maximum atomic E-state index is 5.74. The van der Waals surface area contributed by atoms with Crippen LogP contribution < -0.4 is 10.6 Å². The summed E-state index contributed by atoms with van der Waals surface area (Å²) in [5, 5.41) is 0. The molecule has 1 aromatic heterocycles. The van der Waals surface area contributed by atoms with Gasteiger partial charge in [0.15, 0.2) is 0 Å². The summed E-state index contributed by atoms with van der Waals surface area (Å²) < 4.78 is 0. The minimum absolute atomic E-state index is 0.612. The minimum atomic E-state index is 0.612. The summed E-state index contributed by atoms with van der Waals surface area (Å²) in [4.78, 5) is 6.19. The highest BCUT2D eigenvalue weighted by Gasteiger charge is 2.03. The molecule has 1 rings (SSSR count). The Morgan fingerprint density at radius 2 is 2.31 bits per heavy atom. The molecule has 0 fully saturated rings. The second-order valence-electron chi connectivity index (χ2n) is 3.18. The van der Waals surface area contributed by atoms with Gasteiger partial charge in [-0.05, 0) is 18.6 Å². The molecular formula is C10H17N3. The molecule has 3 nitrogen and oxygen atoms in total. The Labute approximate surface area is 79.6 Å². The molecule has 0 unspecified atom stereocenters. The van der Waals surface area contributed by atoms with Crippen molar-refractivity contribution in [1.29, 1.82) is 0 Å². The first-order valence-electron chi connectivity index (χ1n) is 4.67. The van der Waals surface area contributed by atoms with Crippen molar-refractivity contribution in [3.05, 3.63) is 18.3 Å². The quantitative estimate of drug-likeness (QED) is 0.767. The normalized spacial score (nSPS) is 10.0. The molecule has 3 heteroatoms. The van der Waals surface area contributed by atoms with Gasteiger partial charge in [-0.1, -0.05) is 13.3 Å². The third-order valence-electron chi connectivity index (χ3n) is 2.07. The van der Waals surface area contributed by atoms with Gasteiger partial charge < -0.3 is 10.6 Å². The Kier molecular flexibility index (Phi) is 3.55. The number of nitrogen functional groups attached to an aromatic ring is 1. The number of nitrogens with zero attached hydrogens (tertiary/aromatic N) is 2. The third kappa shape index (κ3) is 2.61. The molecule has 0 bridgehead atoms. The van der Waals surface area contributed by atoms with Crippen molar-refractivity contribution < 1.29 is 0 Å². The standard InChI is InChI=1S/C10H17N3/c1-3-4-8-13(2)9-6-5-7-12-10(9)11/h5-7H,3-4,8H2,1-2H3,(H2,11,12). The van der Waals surface area contributed by atoms with Gasteiger partial charge in [0.25, 0.3) is 0 Å². The zero-order chi connectivity index (χ0) is 9.68. The van der Waals surface area contributed by atoms with Crippen LogP contribution in [-0.2, 0) is 0 Å². The second-order valence-corrected chi connectivity index (χ2v) is 3.18. The van der Waals surface area contributed by atoms with E-state index >= 15 is 0 Å². The number of nitrogens with two attached hydrogens (primary N) is 1. The third-order valence-corrected chi connectivity index (χ3v) is 2.07. The van der Waals surface area contributed by atoms with Crippen LogP contribution in [0.4, 0.5) is 11.5 Å². The molecule has 0 saturated carbocycles. The van der Waals surface area contributed by atoms with E-state index in [0.29, 0.717) is 5.82 Å². The first-order chi connectivity index (χ1) is 6.25. The summed E-state index contributed by atoms with van der Waals surface area (Å²) in [5.74, 6) is 0.612. The maximum absolute atomic E-state index is 5.74. The van der Waals surface area contributed by atoms with Crippen LogP contribution in [0.2, 0.25) is 0 Å². The van der Waals surface area contributed by atoms with Gasteiger partial charge in [-0.15, -0.1) is 0 Å². The number of aromatic nitrogens is 1. The Hall–Kier alpha value is -1.25. The van der Waals surface area contributed by atoms with Crippen LogP contribution >= 0.6 is 0 Å². The van der Waals surface area contributed by atoms with Gasteiger partial charge in [0.2, 0.25) is 0 Å². The zero-order valence-electron chi connectivity index (χ0n) is 8.33. The number of unbranched alkanes of at least 4 members (excludes halogenated alkanes) is 1. The molecule has 0 atom stereocenters. The molecule has 13 heavy (non-hydrogen) atoms. The van der Waals surface area contributed by atoms with Gasteiger partial charge in [0.1, 0.15) is 5.82 Å². The second kappa shape index (κ2) is 4.70. The molecule has 0 spiro atoms. The van der Waals surface area contributed by atoms with Gasteiger partial charge in [-0.2, -0.15) is 0 Å². The summed E-state index contributed by atoms with van der Waals surface area (Å²) in [5.41, 5.74) is 6.76.